The number of rotatable bonds is 8. The summed E-state index contributed by atoms with van der Waals surface area (Å²) in [5.74, 6) is -1.27. The zero-order valence-corrected chi connectivity index (χ0v) is 18.1. The third-order valence-corrected chi connectivity index (χ3v) is 5.66. The second-order valence-corrected chi connectivity index (χ2v) is 8.03. The third-order valence-electron chi connectivity index (χ3n) is 5.66. The summed E-state index contributed by atoms with van der Waals surface area (Å²) in [5.41, 5.74) is 12.4. The van der Waals surface area contributed by atoms with Crippen LogP contribution >= 0.6 is 0 Å². The van der Waals surface area contributed by atoms with Gasteiger partial charge in [0.05, 0.1) is 18.0 Å². The smallest absolute Gasteiger partial charge is 0.285 e. The number of hydrogen-bond donors (Lipinski definition) is 5. The Kier molecular flexibility index (Phi) is 7.58. The Balaban J connectivity index is 1.71. The van der Waals surface area contributed by atoms with E-state index in [4.69, 9.17) is 11.5 Å². The molecule has 1 amide bonds. The number of phenols is 1. The number of nitriles is 1. The van der Waals surface area contributed by atoms with Crippen LogP contribution in [-0.2, 0) is 11.3 Å². The Bertz CT molecular complexity index is 1080. The Labute approximate surface area is 191 Å². The Morgan fingerprint density at radius 3 is 2.61 bits per heavy atom. The molecule has 0 aliphatic carbocycles. The lowest BCUT2D eigenvalue weighted by Crippen LogP contribution is -2.70. The lowest BCUT2D eigenvalue weighted by atomic mass is 9.84. The van der Waals surface area contributed by atoms with Gasteiger partial charge in [-0.2, -0.15) is 9.65 Å². The Hall–Kier alpha value is -3.97. The number of likely N-dealkylation sites (tertiary alicyclic amines) is 1. The van der Waals surface area contributed by atoms with Crippen molar-refractivity contribution in [1.82, 2.24) is 15.2 Å². The average Bonchev–Trinajstić information content (AvgIpc) is 2.77. The molecule has 1 aromatic heterocycles. The number of nitrogens with one attached hydrogen (secondary N) is 2. The average molecular weight is 453 g/mol. The molecule has 1 aromatic carbocycles. The number of amides is 1. The standard InChI is InChI=1S/C23H26FN7O2/c24-20-13-17(5-10-28-20)30-21(26)19(22(27)33)14-29-23(6-9-25)7-11-31(12-8-23)15-16-1-3-18(32)4-2-16/h1-5,10,13-14,29,32H,6-8,11-12,15H2,(H2,27,33)(H2,26,28,30)/p+1/b19-14+. The number of amidine groups is 1. The molecular formula is C23H27FN7O2+. The molecule has 10 heteroatoms. The fraction of sp³-hybridized carbons (Fsp3) is 0.304. The van der Waals surface area contributed by atoms with Gasteiger partial charge in [0, 0.05) is 44.2 Å². The van der Waals surface area contributed by atoms with E-state index < -0.39 is 17.4 Å². The van der Waals surface area contributed by atoms with Crippen LogP contribution in [0.4, 0.5) is 10.1 Å². The molecule has 0 spiro atoms. The molecule has 9 nitrogen and oxygen atoms in total. The van der Waals surface area contributed by atoms with E-state index in [9.17, 15) is 19.6 Å². The SMILES string of the molecule is N#CCC1(N/C=C(/C(N)=O)C(N)=[NH+]c2ccnc(F)c2)CCN(Cc2ccc(O)cc2)CC1. The quantitative estimate of drug-likeness (QED) is 0.162. The first-order valence-electron chi connectivity index (χ1n) is 10.5. The van der Waals surface area contributed by atoms with Gasteiger partial charge in [0.1, 0.15) is 17.0 Å². The van der Waals surface area contributed by atoms with Crippen LogP contribution in [0.2, 0.25) is 0 Å². The monoisotopic (exact) mass is 452 g/mol. The van der Waals surface area contributed by atoms with Crippen molar-refractivity contribution in [3.8, 4) is 11.8 Å². The number of piperidine rings is 1. The molecule has 0 atom stereocenters. The van der Waals surface area contributed by atoms with Gasteiger partial charge >= 0.3 is 0 Å². The first-order valence-corrected chi connectivity index (χ1v) is 10.5. The highest BCUT2D eigenvalue weighted by atomic mass is 19.1. The topological polar surface area (TPSA) is 155 Å². The molecule has 1 saturated heterocycles. The predicted octanol–water partition coefficient (Wildman–Crippen LogP) is -0.0971. The van der Waals surface area contributed by atoms with Crippen LogP contribution in [-0.4, -0.2) is 45.4 Å². The summed E-state index contributed by atoms with van der Waals surface area (Å²) in [6.45, 7) is 2.21. The highest BCUT2D eigenvalue weighted by Crippen LogP contribution is 2.27. The van der Waals surface area contributed by atoms with Crippen molar-refractivity contribution in [3.63, 3.8) is 0 Å². The molecule has 1 aliphatic rings. The highest BCUT2D eigenvalue weighted by Gasteiger charge is 2.34. The molecule has 0 unspecified atom stereocenters. The van der Waals surface area contributed by atoms with Crippen molar-refractivity contribution < 1.29 is 19.3 Å². The fourth-order valence-electron chi connectivity index (χ4n) is 3.73. The normalized spacial score (nSPS) is 16.7. The van der Waals surface area contributed by atoms with Crippen molar-refractivity contribution in [1.29, 1.82) is 5.26 Å². The second kappa shape index (κ2) is 10.6. The van der Waals surface area contributed by atoms with Crippen LogP contribution in [0.15, 0.2) is 54.4 Å². The molecule has 0 saturated carbocycles. The molecule has 0 bridgehead atoms. The van der Waals surface area contributed by atoms with Crippen LogP contribution in [0.5, 0.6) is 5.75 Å². The number of aromatic hydroxyl groups is 1. The van der Waals surface area contributed by atoms with E-state index in [1.807, 2.05) is 12.1 Å². The van der Waals surface area contributed by atoms with E-state index in [-0.39, 0.29) is 23.6 Å². The minimum atomic E-state index is -0.765. The predicted molar refractivity (Wildman–Crippen MR) is 120 cm³/mol. The van der Waals surface area contributed by atoms with E-state index in [2.05, 4.69) is 26.3 Å². The molecule has 2 heterocycles. The molecule has 3 rings (SSSR count). The van der Waals surface area contributed by atoms with E-state index in [1.165, 1.54) is 18.5 Å². The first-order chi connectivity index (χ1) is 15.8. The number of benzene rings is 1. The number of primary amides is 1. The van der Waals surface area contributed by atoms with Crippen molar-refractivity contribution in [2.45, 2.75) is 31.3 Å². The van der Waals surface area contributed by atoms with Crippen LogP contribution in [0.3, 0.4) is 0 Å². The third kappa shape index (κ3) is 6.51. The van der Waals surface area contributed by atoms with Crippen LogP contribution < -0.4 is 21.8 Å². The minimum absolute atomic E-state index is 0.00365. The number of halogens is 1. The van der Waals surface area contributed by atoms with Gasteiger partial charge in [-0.1, -0.05) is 12.1 Å². The number of carbonyl (C=O) groups is 1. The van der Waals surface area contributed by atoms with E-state index in [0.29, 0.717) is 18.5 Å². The van der Waals surface area contributed by atoms with Crippen LogP contribution in [0, 0.1) is 17.3 Å². The zero-order valence-electron chi connectivity index (χ0n) is 18.1. The number of hydrogen-bond acceptors (Lipinski definition) is 6. The number of nitrogens with zero attached hydrogens (tertiary/aromatic N) is 3. The summed E-state index contributed by atoms with van der Waals surface area (Å²) < 4.78 is 13.3. The molecule has 0 radical (unpaired) electrons. The van der Waals surface area contributed by atoms with Crippen molar-refractivity contribution in [2.24, 2.45) is 11.5 Å². The van der Waals surface area contributed by atoms with Gasteiger partial charge in [-0.3, -0.25) is 15.4 Å². The van der Waals surface area contributed by atoms with Crippen molar-refractivity contribution in [3.05, 3.63) is 65.9 Å². The first kappa shape index (κ1) is 23.7. The van der Waals surface area contributed by atoms with Gasteiger partial charge < -0.3 is 16.2 Å². The Morgan fingerprint density at radius 2 is 2.00 bits per heavy atom. The molecule has 1 aliphatic heterocycles. The fourth-order valence-corrected chi connectivity index (χ4v) is 3.73. The van der Waals surface area contributed by atoms with Gasteiger partial charge in [-0.15, -0.1) is 0 Å². The summed E-state index contributed by atoms with van der Waals surface area (Å²) in [5, 5.41) is 22.0. The maximum atomic E-state index is 13.3. The largest absolute Gasteiger partial charge is 0.508 e. The van der Waals surface area contributed by atoms with Crippen molar-refractivity contribution >= 4 is 17.4 Å². The molecule has 7 N–H and O–H groups in total. The summed E-state index contributed by atoms with van der Waals surface area (Å²) >= 11 is 0. The summed E-state index contributed by atoms with van der Waals surface area (Å²) in [4.78, 5) is 20.5. The van der Waals surface area contributed by atoms with E-state index >= 15 is 0 Å². The summed E-state index contributed by atoms with van der Waals surface area (Å²) in [6.07, 6.45) is 4.28. The number of aromatic nitrogens is 1. The number of pyridine rings is 1. The van der Waals surface area contributed by atoms with Gasteiger partial charge in [0.15, 0.2) is 0 Å². The van der Waals surface area contributed by atoms with Gasteiger partial charge in [-0.05, 0) is 30.5 Å². The molecule has 172 valence electrons. The summed E-state index contributed by atoms with van der Waals surface area (Å²) in [6, 6.07) is 11.9. The number of phenolic OH excluding ortho intramolecular Hbond substituents is 1. The molecule has 2 aromatic rings. The number of nitrogens with two attached hydrogens (primary N) is 2. The maximum absolute atomic E-state index is 13.3. The summed E-state index contributed by atoms with van der Waals surface area (Å²) in [7, 11) is 0. The van der Waals surface area contributed by atoms with Gasteiger partial charge in [-0.25, -0.2) is 9.98 Å². The van der Waals surface area contributed by atoms with E-state index in [0.717, 1.165) is 31.3 Å². The molecule has 33 heavy (non-hydrogen) atoms. The minimum Gasteiger partial charge on any atom is -0.508 e. The maximum Gasteiger partial charge on any atom is 0.285 e. The second-order valence-electron chi connectivity index (χ2n) is 8.03. The number of carbonyl (C=O) groups excluding carboxylic acids is 1. The van der Waals surface area contributed by atoms with Gasteiger partial charge in [0.25, 0.3) is 11.7 Å². The molecular weight excluding hydrogens is 425 g/mol. The van der Waals surface area contributed by atoms with Crippen LogP contribution in [0.1, 0.15) is 24.8 Å². The van der Waals surface area contributed by atoms with Gasteiger partial charge in [0.2, 0.25) is 5.95 Å². The Morgan fingerprint density at radius 1 is 1.30 bits per heavy atom. The van der Waals surface area contributed by atoms with Crippen molar-refractivity contribution in [2.75, 3.05) is 13.1 Å². The lowest BCUT2D eigenvalue weighted by molar-refractivity contribution is -0.354. The van der Waals surface area contributed by atoms with Crippen LogP contribution in [0.25, 0.3) is 0 Å². The zero-order chi connectivity index (χ0) is 23.8. The lowest BCUT2D eigenvalue weighted by Gasteiger charge is -2.41. The highest BCUT2D eigenvalue weighted by molar-refractivity contribution is 6.17. The van der Waals surface area contributed by atoms with E-state index in [1.54, 1.807) is 12.1 Å². The molecule has 1 fully saturated rings.